The van der Waals surface area contributed by atoms with E-state index in [1.165, 1.54) is 59.9 Å². The Morgan fingerprint density at radius 2 is 1.30 bits per heavy atom. The maximum atomic E-state index is 11.8. The molecule has 0 saturated heterocycles. The number of carbonyl (C=O) groups is 1. The smallest absolute Gasteiger partial charge is 0.304 e. The summed E-state index contributed by atoms with van der Waals surface area (Å²) in [6, 6.07) is 31.4. The van der Waals surface area contributed by atoms with Crippen molar-refractivity contribution in [3.8, 4) is 21.6 Å². The summed E-state index contributed by atoms with van der Waals surface area (Å²) in [6.45, 7) is 0. The van der Waals surface area contributed by atoms with Crippen LogP contribution in [0.15, 0.2) is 181 Å². The van der Waals surface area contributed by atoms with Gasteiger partial charge >= 0.3 is 5.97 Å². The van der Waals surface area contributed by atoms with Gasteiger partial charge in [-0.1, -0.05) is 78.5 Å². The molecule has 1 fully saturated rings. The van der Waals surface area contributed by atoms with Crippen LogP contribution >= 0.6 is 34.9 Å². The number of fused-ring (bicyclic) bond motifs is 2. The fourth-order valence-electron chi connectivity index (χ4n) is 8.11. The minimum Gasteiger partial charge on any atom is -0.744 e. The van der Waals surface area contributed by atoms with E-state index in [9.17, 15) is 48.8 Å². The average Bonchev–Trinajstić information content (AvgIpc) is 3.73. The second-order valence-electron chi connectivity index (χ2n) is 15.7. The molecule has 5 aromatic rings. The molecule has 0 amide bonds. The predicted octanol–water partition coefficient (Wildman–Crippen LogP) is 11.3. The lowest BCUT2D eigenvalue weighted by Crippen LogP contribution is -2.13. The highest BCUT2D eigenvalue weighted by Gasteiger charge is 2.37. The number of carboxylic acids is 1. The summed E-state index contributed by atoms with van der Waals surface area (Å²) in [5, 5.41) is 9.65. The van der Waals surface area contributed by atoms with E-state index in [0.717, 1.165) is 77.1 Å². The molecule has 2 atom stereocenters. The topological polar surface area (TPSA) is 203 Å². The van der Waals surface area contributed by atoms with Gasteiger partial charge in [-0.25, -0.2) is 8.42 Å². The largest absolute Gasteiger partial charge is 0.744 e. The number of rotatable bonds is 14. The molecule has 2 unspecified atom stereocenters. The second-order valence-corrected chi connectivity index (χ2v) is 23.2. The molecule has 11 nitrogen and oxygen atoms in total. The van der Waals surface area contributed by atoms with Crippen LogP contribution in [0.4, 0.5) is 0 Å². The molecule has 17 heteroatoms. The SMILES string of the molecule is O=C(O)CCSC1=C(/C=C/c2cc(-c3ccc(S(=O)(=O)[O-])cc3)cc(-c3ccccc3)[s+]2)C2CCC(C2)/C1=C\C=C1/C=C(c2ccc(S(=O)(=O)O)cc2)C=C(c2ccc(S(=O)(=O)O)cc2)S1. The molecule has 338 valence electrons. The molecule has 2 aliphatic carbocycles. The van der Waals surface area contributed by atoms with Crippen molar-refractivity contribution in [3.63, 3.8) is 0 Å². The summed E-state index contributed by atoms with van der Waals surface area (Å²) in [5.41, 5.74) is 6.82. The highest BCUT2D eigenvalue weighted by Crippen LogP contribution is 2.53. The Balaban J connectivity index is 1.21. The van der Waals surface area contributed by atoms with E-state index in [1.807, 2.05) is 60.7 Å². The van der Waals surface area contributed by atoms with Gasteiger partial charge in [-0.3, -0.25) is 13.9 Å². The highest BCUT2D eigenvalue weighted by molar-refractivity contribution is 8.12. The Morgan fingerprint density at radius 3 is 1.92 bits per heavy atom. The first-order chi connectivity index (χ1) is 31.4. The van der Waals surface area contributed by atoms with Gasteiger partial charge in [0.1, 0.15) is 10.1 Å². The molecule has 4 aromatic carbocycles. The average molecular weight is 997 g/mol. The molecule has 1 aliphatic heterocycles. The van der Waals surface area contributed by atoms with Crippen LogP contribution in [0.1, 0.15) is 41.7 Å². The van der Waals surface area contributed by atoms with Crippen LogP contribution < -0.4 is 0 Å². The van der Waals surface area contributed by atoms with Crippen molar-refractivity contribution in [2.75, 3.05) is 5.75 Å². The van der Waals surface area contributed by atoms with Crippen molar-refractivity contribution in [2.24, 2.45) is 11.8 Å². The molecule has 2 bridgehead atoms. The van der Waals surface area contributed by atoms with Crippen molar-refractivity contribution in [2.45, 2.75) is 40.4 Å². The van der Waals surface area contributed by atoms with E-state index in [4.69, 9.17) is 0 Å². The van der Waals surface area contributed by atoms with Crippen molar-refractivity contribution in [3.05, 3.63) is 183 Å². The Kier molecular flexibility index (Phi) is 14.0. The van der Waals surface area contributed by atoms with E-state index in [-0.39, 0.29) is 32.9 Å². The molecular weight excluding hydrogens is 957 g/mol. The Bertz CT molecular complexity index is 3240. The van der Waals surface area contributed by atoms with Crippen LogP contribution in [0.25, 0.3) is 38.1 Å². The van der Waals surface area contributed by atoms with Gasteiger partial charge in [-0.15, -0.1) is 11.8 Å². The summed E-state index contributed by atoms with van der Waals surface area (Å²) in [7, 11) is -13.5. The van der Waals surface area contributed by atoms with Gasteiger partial charge < -0.3 is 9.66 Å². The van der Waals surface area contributed by atoms with E-state index in [1.54, 1.807) is 47.7 Å². The number of hydrogen-bond acceptors (Lipinski definition) is 10. The molecule has 66 heavy (non-hydrogen) atoms. The summed E-state index contributed by atoms with van der Waals surface area (Å²) >= 11 is 4.55. The van der Waals surface area contributed by atoms with Crippen LogP contribution in [0.3, 0.4) is 0 Å². The first kappa shape index (κ1) is 47.3. The van der Waals surface area contributed by atoms with Gasteiger partial charge in [-0.2, -0.15) is 16.8 Å². The van der Waals surface area contributed by atoms with Gasteiger partial charge in [0.05, 0.1) is 21.1 Å². The summed E-state index contributed by atoms with van der Waals surface area (Å²) < 4.78 is 102. The highest BCUT2D eigenvalue weighted by atomic mass is 32.2. The maximum absolute atomic E-state index is 11.8. The Labute approximate surface area is 396 Å². The van der Waals surface area contributed by atoms with Crippen molar-refractivity contribution < 1.29 is 48.8 Å². The molecule has 0 spiro atoms. The fourth-order valence-corrected chi connectivity index (χ4v) is 12.9. The van der Waals surface area contributed by atoms with E-state index in [2.05, 4.69) is 18.2 Å². The first-order valence-corrected chi connectivity index (χ1v) is 27.4. The summed E-state index contributed by atoms with van der Waals surface area (Å²) in [6.07, 6.45) is 14.9. The minimum atomic E-state index is -4.62. The van der Waals surface area contributed by atoms with E-state index < -0.39 is 36.3 Å². The third kappa shape index (κ3) is 11.3. The van der Waals surface area contributed by atoms with Crippen LogP contribution in [0, 0.1) is 11.8 Å². The number of allylic oxidation sites excluding steroid dienone is 8. The van der Waals surface area contributed by atoms with E-state index in [0.29, 0.717) is 16.9 Å². The molecule has 3 N–H and O–H groups in total. The molecule has 0 radical (unpaired) electrons. The van der Waals surface area contributed by atoms with Gasteiger partial charge in [0.25, 0.3) is 20.2 Å². The third-order valence-corrected chi connectivity index (χ3v) is 17.2. The third-order valence-electron chi connectivity index (χ3n) is 11.3. The number of hydrogen-bond donors (Lipinski definition) is 3. The van der Waals surface area contributed by atoms with Gasteiger partial charge in [-0.05, 0) is 137 Å². The molecule has 1 saturated carbocycles. The first-order valence-electron chi connectivity index (χ1n) is 20.5. The van der Waals surface area contributed by atoms with Gasteiger partial charge in [0, 0.05) is 44.2 Å². The zero-order chi connectivity index (χ0) is 46.8. The minimum absolute atomic E-state index is 0.0330. The molecular formula is C49H40O11S6. The zero-order valence-corrected chi connectivity index (χ0v) is 39.6. The Morgan fingerprint density at radius 1 is 0.697 bits per heavy atom. The molecule has 8 rings (SSSR count). The van der Waals surface area contributed by atoms with Crippen LogP contribution in [-0.4, -0.2) is 55.7 Å². The molecule has 2 heterocycles. The van der Waals surface area contributed by atoms with E-state index >= 15 is 0 Å². The summed E-state index contributed by atoms with van der Waals surface area (Å²) in [5.74, 6) is -0.0791. The monoisotopic (exact) mass is 996 g/mol. The number of benzene rings is 4. The second kappa shape index (κ2) is 19.6. The predicted molar refractivity (Wildman–Crippen MR) is 261 cm³/mol. The quantitative estimate of drug-likeness (QED) is 0.0701. The lowest BCUT2D eigenvalue weighted by Gasteiger charge is -2.27. The number of carboxylic acid groups (broad SMARTS) is 1. The molecule has 3 aliphatic rings. The van der Waals surface area contributed by atoms with Gasteiger partial charge in [0.2, 0.25) is 21.1 Å². The molecule has 1 aromatic heterocycles. The fraction of sp³-hybridized carbons (Fsp3) is 0.143. The maximum Gasteiger partial charge on any atom is 0.304 e. The number of thioether (sulfide) groups is 2. The lowest BCUT2D eigenvalue weighted by molar-refractivity contribution is -0.136. The van der Waals surface area contributed by atoms with Crippen LogP contribution in [0.2, 0.25) is 0 Å². The van der Waals surface area contributed by atoms with Crippen molar-refractivity contribution >= 4 is 87.7 Å². The van der Waals surface area contributed by atoms with Crippen LogP contribution in [-0.2, 0) is 35.1 Å². The standard InChI is InChI=1S/C49H40O11S6/c50-48(51)24-25-61-49-44(22-14-39-27-37(29-46(62-39)33-4-2-1-3-5-33)31-8-16-41(17-9-31)64(52,53)54)35-6-7-36(26-35)45(49)23-15-40-28-38(32-10-18-42(19-11-32)65(55,56)57)30-47(63-40)34-12-20-43(21-13-34)66(58,59)60/h1-5,8-23,27-30,35-36H,6-7,24-26H2,(H3-,50,51,52,53,54,55,56,57,58,59,60). The zero-order valence-electron chi connectivity index (χ0n) is 34.7. The normalized spacial score (nSPS) is 19.1. The van der Waals surface area contributed by atoms with Gasteiger partial charge in [0.15, 0.2) is 0 Å². The van der Waals surface area contributed by atoms with Crippen molar-refractivity contribution in [1.82, 2.24) is 0 Å². The lowest BCUT2D eigenvalue weighted by atomic mass is 9.84. The Hall–Kier alpha value is -5.21. The van der Waals surface area contributed by atoms with Crippen molar-refractivity contribution in [1.29, 1.82) is 0 Å². The van der Waals surface area contributed by atoms with Crippen LogP contribution in [0.5, 0.6) is 0 Å². The number of aliphatic carboxylic acids is 1. The summed E-state index contributed by atoms with van der Waals surface area (Å²) in [4.78, 5) is 15.4.